The van der Waals surface area contributed by atoms with E-state index in [9.17, 15) is 9.90 Å². The van der Waals surface area contributed by atoms with Crippen molar-refractivity contribution in [1.29, 1.82) is 0 Å². The Labute approximate surface area is 193 Å². The van der Waals surface area contributed by atoms with Gasteiger partial charge in [-0.25, -0.2) is 0 Å². The zero-order valence-electron chi connectivity index (χ0n) is 18.6. The van der Waals surface area contributed by atoms with Gasteiger partial charge in [0, 0.05) is 24.6 Å². The lowest BCUT2D eigenvalue weighted by atomic mass is 9.91. The topological polar surface area (TPSA) is 79.5 Å². The van der Waals surface area contributed by atoms with Crippen molar-refractivity contribution in [3.8, 4) is 0 Å². The van der Waals surface area contributed by atoms with Crippen LogP contribution in [0, 0.1) is 23.7 Å². The molecule has 3 aromatic rings. The Morgan fingerprint density at radius 2 is 1.82 bits per heavy atom. The van der Waals surface area contributed by atoms with Crippen LogP contribution in [0.25, 0.3) is 0 Å². The number of carbonyl (C=O) groups excluding carboxylic acids is 1. The SMILES string of the molecule is O=C(c1ccc(C[C@@H]2CC[C@H]([C@H](O)c3ccccc3)C2)cc1)N1C[C@@H]2[C@H](C1)[C@H]2c1nnco1. The number of likely N-dealkylation sites (tertiary alicyclic amines) is 1. The third-order valence-electron chi connectivity index (χ3n) is 8.04. The molecule has 6 heteroatoms. The smallest absolute Gasteiger partial charge is 0.253 e. The van der Waals surface area contributed by atoms with Crippen LogP contribution in [-0.4, -0.2) is 39.2 Å². The number of fused-ring (bicyclic) bond motifs is 1. The highest BCUT2D eigenvalue weighted by atomic mass is 16.4. The van der Waals surface area contributed by atoms with Crippen LogP contribution >= 0.6 is 0 Å². The summed E-state index contributed by atoms with van der Waals surface area (Å²) >= 11 is 0. The van der Waals surface area contributed by atoms with E-state index in [1.54, 1.807) is 0 Å². The van der Waals surface area contributed by atoms with Crippen molar-refractivity contribution in [2.75, 3.05) is 13.1 Å². The summed E-state index contributed by atoms with van der Waals surface area (Å²) in [5, 5.41) is 18.6. The Kier molecular flexibility index (Phi) is 5.25. The second-order valence-corrected chi connectivity index (χ2v) is 10.0. The van der Waals surface area contributed by atoms with Gasteiger partial charge in [0.15, 0.2) is 0 Å². The van der Waals surface area contributed by atoms with Gasteiger partial charge in [-0.1, -0.05) is 42.5 Å². The van der Waals surface area contributed by atoms with Crippen molar-refractivity contribution in [2.45, 2.75) is 37.7 Å². The van der Waals surface area contributed by atoms with Crippen LogP contribution < -0.4 is 0 Å². The standard InChI is InChI=1S/C27H29N3O3/c31-25(19-4-2-1-3-5-19)21-11-8-18(13-21)12-17-6-9-20(10-7-17)27(32)30-14-22-23(15-30)24(22)26-29-28-16-33-26/h1-7,9-10,16,18,21-25,31H,8,11-15H2/t18-,21-,22-,23+,24+,25+/m0/s1. The van der Waals surface area contributed by atoms with Crippen molar-refractivity contribution in [3.63, 3.8) is 0 Å². The molecule has 1 aliphatic heterocycles. The number of hydrogen-bond acceptors (Lipinski definition) is 5. The summed E-state index contributed by atoms with van der Waals surface area (Å²) in [6.07, 6.45) is 5.28. The van der Waals surface area contributed by atoms with Crippen molar-refractivity contribution < 1.29 is 14.3 Å². The van der Waals surface area contributed by atoms with E-state index in [2.05, 4.69) is 22.3 Å². The number of hydrogen-bond donors (Lipinski definition) is 1. The minimum Gasteiger partial charge on any atom is -0.428 e. The van der Waals surface area contributed by atoms with Crippen molar-refractivity contribution in [3.05, 3.63) is 83.6 Å². The molecule has 1 N–H and O–H groups in total. The van der Waals surface area contributed by atoms with Gasteiger partial charge in [0.05, 0.1) is 6.10 Å². The fourth-order valence-electron chi connectivity index (χ4n) is 6.19. The Bertz CT molecular complexity index is 1090. The predicted molar refractivity (Wildman–Crippen MR) is 122 cm³/mol. The second kappa shape index (κ2) is 8.41. The fraction of sp³-hybridized carbons (Fsp3) is 0.444. The summed E-state index contributed by atoms with van der Waals surface area (Å²) in [7, 11) is 0. The first-order valence-corrected chi connectivity index (χ1v) is 12.0. The number of piperidine rings is 1. The highest BCUT2D eigenvalue weighted by molar-refractivity contribution is 5.94. The summed E-state index contributed by atoms with van der Waals surface area (Å²) in [6, 6.07) is 18.2. The summed E-state index contributed by atoms with van der Waals surface area (Å²) in [5.41, 5.74) is 3.05. The second-order valence-electron chi connectivity index (χ2n) is 10.0. The maximum atomic E-state index is 13.0. The first-order chi connectivity index (χ1) is 16.2. The number of aromatic nitrogens is 2. The summed E-state index contributed by atoms with van der Waals surface area (Å²) in [4.78, 5) is 14.9. The molecule has 1 saturated heterocycles. The van der Waals surface area contributed by atoms with Gasteiger partial charge >= 0.3 is 0 Å². The van der Waals surface area contributed by atoms with Crippen LogP contribution in [0.5, 0.6) is 0 Å². The lowest BCUT2D eigenvalue weighted by molar-refractivity contribution is 0.0771. The van der Waals surface area contributed by atoms with Crippen LogP contribution in [-0.2, 0) is 6.42 Å². The van der Waals surface area contributed by atoms with Gasteiger partial charge in [0.2, 0.25) is 12.3 Å². The van der Waals surface area contributed by atoms with Gasteiger partial charge < -0.3 is 14.4 Å². The normalized spacial score (nSPS) is 29.1. The monoisotopic (exact) mass is 443 g/mol. The largest absolute Gasteiger partial charge is 0.428 e. The van der Waals surface area contributed by atoms with Crippen LogP contribution in [0.15, 0.2) is 65.4 Å². The highest BCUT2D eigenvalue weighted by Crippen LogP contribution is 2.57. The van der Waals surface area contributed by atoms with E-state index in [1.165, 1.54) is 12.0 Å². The van der Waals surface area contributed by atoms with Gasteiger partial charge in [-0.3, -0.25) is 4.79 Å². The molecule has 33 heavy (non-hydrogen) atoms. The molecule has 2 heterocycles. The van der Waals surface area contributed by atoms with Crippen molar-refractivity contribution in [2.24, 2.45) is 23.7 Å². The molecule has 0 spiro atoms. The molecule has 0 bridgehead atoms. The number of nitrogens with zero attached hydrogens (tertiary/aromatic N) is 3. The van der Waals surface area contributed by atoms with E-state index >= 15 is 0 Å². The molecular formula is C27H29N3O3. The zero-order chi connectivity index (χ0) is 22.4. The summed E-state index contributed by atoms with van der Waals surface area (Å²) in [6.45, 7) is 1.54. The third-order valence-corrected chi connectivity index (χ3v) is 8.04. The van der Waals surface area contributed by atoms with E-state index in [1.807, 2.05) is 47.4 Å². The van der Waals surface area contributed by atoms with Gasteiger partial charge in [-0.15, -0.1) is 10.2 Å². The molecule has 0 unspecified atom stereocenters. The van der Waals surface area contributed by atoms with Crippen LogP contribution in [0.2, 0.25) is 0 Å². The highest BCUT2D eigenvalue weighted by Gasteiger charge is 2.59. The van der Waals surface area contributed by atoms with Gasteiger partial charge in [-0.2, -0.15) is 0 Å². The predicted octanol–water partition coefficient (Wildman–Crippen LogP) is 4.25. The minimum atomic E-state index is -0.373. The average Bonchev–Trinajstić information content (AvgIpc) is 3.38. The minimum absolute atomic E-state index is 0.116. The molecule has 6 atom stereocenters. The molecule has 6 rings (SSSR count). The van der Waals surface area contributed by atoms with E-state index < -0.39 is 0 Å². The average molecular weight is 444 g/mol. The van der Waals surface area contributed by atoms with Crippen molar-refractivity contribution in [1.82, 2.24) is 15.1 Å². The molecule has 3 fully saturated rings. The first-order valence-electron chi connectivity index (χ1n) is 12.0. The first kappa shape index (κ1) is 20.6. The van der Waals surface area contributed by atoms with E-state index in [0.717, 1.165) is 49.9 Å². The molecule has 6 nitrogen and oxygen atoms in total. The molecule has 1 aromatic heterocycles. The van der Waals surface area contributed by atoms with E-state index in [-0.39, 0.29) is 12.0 Å². The summed E-state index contributed by atoms with van der Waals surface area (Å²) in [5.74, 6) is 2.98. The Morgan fingerprint density at radius 3 is 2.52 bits per heavy atom. The van der Waals surface area contributed by atoms with Crippen LogP contribution in [0.4, 0.5) is 0 Å². The molecule has 2 aromatic carbocycles. The molecular weight excluding hydrogens is 414 g/mol. The van der Waals surface area contributed by atoms with Crippen molar-refractivity contribution >= 4 is 5.91 Å². The van der Waals surface area contributed by atoms with Gasteiger partial charge in [-0.05, 0) is 72.6 Å². The van der Waals surface area contributed by atoms with Gasteiger partial charge in [0.25, 0.3) is 5.91 Å². The fourth-order valence-corrected chi connectivity index (χ4v) is 6.19. The zero-order valence-corrected chi connectivity index (χ0v) is 18.6. The summed E-state index contributed by atoms with van der Waals surface area (Å²) < 4.78 is 5.34. The number of aliphatic hydroxyl groups excluding tert-OH is 1. The van der Waals surface area contributed by atoms with Gasteiger partial charge in [0.1, 0.15) is 0 Å². The molecule has 1 amide bonds. The maximum Gasteiger partial charge on any atom is 0.253 e. The molecule has 170 valence electrons. The van der Waals surface area contributed by atoms with E-state index in [4.69, 9.17) is 4.42 Å². The maximum absolute atomic E-state index is 13.0. The lowest BCUT2D eigenvalue weighted by Crippen LogP contribution is -2.31. The quantitative estimate of drug-likeness (QED) is 0.616. The molecule has 3 aliphatic rings. The van der Waals surface area contributed by atoms with Crippen LogP contribution in [0.1, 0.15) is 58.7 Å². The van der Waals surface area contributed by atoms with E-state index in [0.29, 0.717) is 35.5 Å². The number of carbonyl (C=O) groups is 1. The number of amides is 1. The molecule has 0 radical (unpaired) electrons. The Balaban J connectivity index is 1.02. The number of benzene rings is 2. The molecule has 2 saturated carbocycles. The third kappa shape index (κ3) is 3.97. The molecule has 2 aliphatic carbocycles. The Hall–Kier alpha value is -2.99. The lowest BCUT2D eigenvalue weighted by Gasteiger charge is -2.20. The number of aliphatic hydroxyl groups is 1. The van der Waals surface area contributed by atoms with Crippen LogP contribution in [0.3, 0.4) is 0 Å². The number of rotatable bonds is 6. The Morgan fingerprint density at radius 1 is 1.06 bits per heavy atom.